The number of hydrogen-bond acceptors (Lipinski definition) is 3. The second-order valence-corrected chi connectivity index (χ2v) is 2.23. The number of nitrogens with zero attached hydrogens (tertiary/aromatic N) is 1. The summed E-state index contributed by atoms with van der Waals surface area (Å²) < 4.78 is 0. The summed E-state index contributed by atoms with van der Waals surface area (Å²) in [5, 5.41) is 9.84. The molecule has 1 fully saturated rings. The van der Waals surface area contributed by atoms with E-state index in [1.807, 2.05) is 0 Å². The van der Waals surface area contributed by atoms with Gasteiger partial charge in [0.25, 0.3) is 0 Å². The standard InChI is InChI=1S/C5H10N2O2.Zn/c6-7-3-1-2-4(7)5(8)9;/h4H,1-3,6H2,(H,8,9);. The van der Waals surface area contributed by atoms with Crippen molar-refractivity contribution in [1.29, 1.82) is 0 Å². The van der Waals surface area contributed by atoms with Gasteiger partial charge in [-0.15, -0.1) is 0 Å². The number of nitrogens with two attached hydrogens (primary N) is 1. The average Bonchev–Trinajstić information content (AvgIpc) is 2.13. The van der Waals surface area contributed by atoms with Gasteiger partial charge in [-0.05, 0) is 12.8 Å². The van der Waals surface area contributed by atoms with Crippen molar-refractivity contribution in [1.82, 2.24) is 5.01 Å². The molecule has 0 bridgehead atoms. The van der Waals surface area contributed by atoms with Crippen LogP contribution in [0.1, 0.15) is 12.8 Å². The number of carboxylic acid groups (broad SMARTS) is 1. The van der Waals surface area contributed by atoms with E-state index < -0.39 is 12.0 Å². The maximum atomic E-state index is 10.3. The number of aliphatic carboxylic acids is 1. The molecule has 0 radical (unpaired) electrons. The topological polar surface area (TPSA) is 66.6 Å². The summed E-state index contributed by atoms with van der Waals surface area (Å²) >= 11 is 0. The Morgan fingerprint density at radius 1 is 1.70 bits per heavy atom. The van der Waals surface area contributed by atoms with E-state index in [9.17, 15) is 4.79 Å². The van der Waals surface area contributed by atoms with Crippen molar-refractivity contribution < 1.29 is 29.4 Å². The Labute approximate surface area is 72.1 Å². The van der Waals surface area contributed by atoms with E-state index in [1.54, 1.807) is 0 Å². The van der Waals surface area contributed by atoms with Crippen molar-refractivity contribution in [3.8, 4) is 0 Å². The summed E-state index contributed by atoms with van der Waals surface area (Å²) in [6.45, 7) is 0.705. The van der Waals surface area contributed by atoms with Crippen molar-refractivity contribution >= 4 is 5.97 Å². The monoisotopic (exact) mass is 194 g/mol. The van der Waals surface area contributed by atoms with Crippen LogP contribution in [0.15, 0.2) is 0 Å². The molecule has 0 spiro atoms. The summed E-state index contributed by atoms with van der Waals surface area (Å²) in [6.07, 6.45) is 1.58. The first kappa shape index (κ1) is 10.0. The molecular weight excluding hydrogens is 185 g/mol. The predicted molar refractivity (Wildman–Crippen MR) is 31.6 cm³/mol. The number of rotatable bonds is 1. The molecule has 1 rings (SSSR count). The molecule has 0 aromatic heterocycles. The zero-order valence-corrected chi connectivity index (χ0v) is 8.75. The zero-order valence-electron chi connectivity index (χ0n) is 5.79. The third-order valence-electron chi connectivity index (χ3n) is 1.58. The van der Waals surface area contributed by atoms with Gasteiger partial charge in [0.15, 0.2) is 0 Å². The molecular formula is C5H10N2O2Zn. The Balaban J connectivity index is 0.000000810. The Morgan fingerprint density at radius 3 is 2.50 bits per heavy atom. The number of carbonyl (C=O) groups is 1. The SMILES string of the molecule is NN1CCCC1C(=O)O.[Zn]. The molecule has 0 aromatic rings. The van der Waals surface area contributed by atoms with Crippen LogP contribution in [0.5, 0.6) is 0 Å². The van der Waals surface area contributed by atoms with Crippen LogP contribution in [0.25, 0.3) is 0 Å². The summed E-state index contributed by atoms with van der Waals surface area (Å²) in [7, 11) is 0. The first-order valence-corrected chi connectivity index (χ1v) is 2.96. The largest absolute Gasteiger partial charge is 0.480 e. The van der Waals surface area contributed by atoms with Gasteiger partial charge in [-0.2, -0.15) is 0 Å². The van der Waals surface area contributed by atoms with Gasteiger partial charge < -0.3 is 5.11 Å². The fourth-order valence-corrected chi connectivity index (χ4v) is 1.05. The van der Waals surface area contributed by atoms with Gasteiger partial charge in [0.05, 0.1) is 0 Å². The molecule has 0 aliphatic carbocycles. The third-order valence-corrected chi connectivity index (χ3v) is 1.58. The van der Waals surface area contributed by atoms with Crippen LogP contribution in [0.3, 0.4) is 0 Å². The Kier molecular flexibility index (Phi) is 4.02. The van der Waals surface area contributed by atoms with Crippen LogP contribution in [-0.2, 0) is 24.3 Å². The molecule has 54 valence electrons. The van der Waals surface area contributed by atoms with Crippen molar-refractivity contribution in [2.45, 2.75) is 18.9 Å². The van der Waals surface area contributed by atoms with E-state index in [4.69, 9.17) is 10.9 Å². The van der Waals surface area contributed by atoms with Crippen molar-refractivity contribution in [3.63, 3.8) is 0 Å². The Bertz CT molecular complexity index is 131. The molecule has 0 amide bonds. The van der Waals surface area contributed by atoms with Crippen LogP contribution < -0.4 is 5.84 Å². The molecule has 5 heteroatoms. The van der Waals surface area contributed by atoms with Gasteiger partial charge in [-0.1, -0.05) is 0 Å². The van der Waals surface area contributed by atoms with E-state index in [1.165, 1.54) is 5.01 Å². The molecule has 4 nitrogen and oxygen atoms in total. The van der Waals surface area contributed by atoms with Crippen LogP contribution in [-0.4, -0.2) is 28.7 Å². The molecule has 10 heavy (non-hydrogen) atoms. The number of hydrogen-bond donors (Lipinski definition) is 2. The van der Waals surface area contributed by atoms with Gasteiger partial charge in [-0.3, -0.25) is 10.6 Å². The Morgan fingerprint density at radius 2 is 2.30 bits per heavy atom. The molecule has 0 saturated carbocycles. The molecule has 3 N–H and O–H groups in total. The Hall–Kier alpha value is 0.0134. The summed E-state index contributed by atoms with van der Waals surface area (Å²) in [5.41, 5.74) is 0. The van der Waals surface area contributed by atoms with Gasteiger partial charge >= 0.3 is 5.97 Å². The first-order chi connectivity index (χ1) is 4.22. The van der Waals surface area contributed by atoms with Crippen LogP contribution in [0, 0.1) is 0 Å². The quantitative estimate of drug-likeness (QED) is 0.433. The molecule has 1 aliphatic rings. The maximum Gasteiger partial charge on any atom is 0.322 e. The first-order valence-electron chi connectivity index (χ1n) is 2.96. The van der Waals surface area contributed by atoms with Gasteiger partial charge in [0.2, 0.25) is 0 Å². The molecule has 1 heterocycles. The second kappa shape index (κ2) is 4.01. The smallest absolute Gasteiger partial charge is 0.322 e. The van der Waals surface area contributed by atoms with Crippen molar-refractivity contribution in [2.75, 3.05) is 6.54 Å². The van der Waals surface area contributed by atoms with E-state index in [2.05, 4.69) is 0 Å². The maximum absolute atomic E-state index is 10.3. The van der Waals surface area contributed by atoms with Crippen LogP contribution in [0.2, 0.25) is 0 Å². The minimum atomic E-state index is -0.810. The molecule has 1 saturated heterocycles. The van der Waals surface area contributed by atoms with Crippen LogP contribution in [0.4, 0.5) is 0 Å². The van der Waals surface area contributed by atoms with Crippen LogP contribution >= 0.6 is 0 Å². The fraction of sp³-hybridized carbons (Fsp3) is 0.800. The molecule has 1 aliphatic heterocycles. The molecule has 1 unspecified atom stereocenters. The predicted octanol–water partition coefficient (Wildman–Crippen LogP) is -0.593. The summed E-state index contributed by atoms with van der Waals surface area (Å²) in [6, 6.07) is -0.440. The van der Waals surface area contributed by atoms with Gasteiger partial charge in [-0.25, -0.2) is 5.01 Å². The summed E-state index contributed by atoms with van der Waals surface area (Å²) in [4.78, 5) is 10.3. The number of hydrazine groups is 1. The second-order valence-electron chi connectivity index (χ2n) is 2.23. The van der Waals surface area contributed by atoms with E-state index in [-0.39, 0.29) is 19.5 Å². The summed E-state index contributed by atoms with van der Waals surface area (Å²) in [5.74, 6) is 4.52. The van der Waals surface area contributed by atoms with E-state index >= 15 is 0 Å². The van der Waals surface area contributed by atoms with E-state index in [0.29, 0.717) is 13.0 Å². The molecule has 0 aromatic carbocycles. The minimum Gasteiger partial charge on any atom is -0.480 e. The van der Waals surface area contributed by atoms with E-state index in [0.717, 1.165) is 6.42 Å². The average molecular weight is 196 g/mol. The fourth-order valence-electron chi connectivity index (χ4n) is 1.05. The van der Waals surface area contributed by atoms with Gasteiger partial charge in [0.1, 0.15) is 6.04 Å². The van der Waals surface area contributed by atoms with Crippen molar-refractivity contribution in [3.05, 3.63) is 0 Å². The third kappa shape index (κ3) is 2.01. The number of carboxylic acids is 1. The minimum absolute atomic E-state index is 0. The van der Waals surface area contributed by atoms with Gasteiger partial charge in [0, 0.05) is 26.0 Å². The molecule has 1 atom stereocenters. The normalized spacial score (nSPS) is 25.9. The van der Waals surface area contributed by atoms with Crippen molar-refractivity contribution in [2.24, 2.45) is 5.84 Å². The zero-order chi connectivity index (χ0) is 6.85.